The van der Waals surface area contributed by atoms with Crippen molar-refractivity contribution in [3.05, 3.63) is 11.3 Å². The fourth-order valence-corrected chi connectivity index (χ4v) is 3.36. The summed E-state index contributed by atoms with van der Waals surface area (Å²) >= 11 is 0. The molecular weight excluding hydrogens is 240 g/mol. The van der Waals surface area contributed by atoms with Crippen LogP contribution in [0.25, 0.3) is 0 Å². The maximum atomic E-state index is 12.4. The van der Waals surface area contributed by atoms with Gasteiger partial charge in [-0.05, 0) is 38.5 Å². The number of hydrogen-bond acceptors (Lipinski definition) is 3. The molecule has 5 heteroatoms. The molecule has 3 N–H and O–H groups in total. The maximum Gasteiger partial charge on any atom is 0.228 e. The van der Waals surface area contributed by atoms with Crippen molar-refractivity contribution in [2.24, 2.45) is 18.7 Å². The van der Waals surface area contributed by atoms with Crippen molar-refractivity contribution in [2.45, 2.75) is 51.0 Å². The number of rotatable bonds is 2. The molecule has 0 bridgehead atoms. The second-order valence-electron chi connectivity index (χ2n) is 5.86. The number of nitrogens with one attached hydrogen (secondary N) is 1. The van der Waals surface area contributed by atoms with Crippen LogP contribution in [0.1, 0.15) is 43.4 Å². The van der Waals surface area contributed by atoms with Crippen molar-refractivity contribution >= 4 is 11.7 Å². The predicted octanol–water partition coefficient (Wildman–Crippen LogP) is 1.36. The molecular formula is C14H22N4O. The number of anilines is 1. The Morgan fingerprint density at radius 1 is 1.37 bits per heavy atom. The highest BCUT2D eigenvalue weighted by Gasteiger charge is 2.28. The smallest absolute Gasteiger partial charge is 0.228 e. The molecule has 2 atom stereocenters. The Hall–Kier alpha value is -1.36. The van der Waals surface area contributed by atoms with Crippen LogP contribution in [0, 0.1) is 5.92 Å². The third kappa shape index (κ3) is 2.39. The number of nitrogens with zero attached hydrogens (tertiary/aromatic N) is 2. The lowest BCUT2D eigenvalue weighted by Gasteiger charge is -2.25. The highest BCUT2D eigenvalue weighted by atomic mass is 16.2. The van der Waals surface area contributed by atoms with Gasteiger partial charge in [0.05, 0.1) is 5.69 Å². The van der Waals surface area contributed by atoms with Crippen LogP contribution in [0.2, 0.25) is 0 Å². The molecule has 3 rings (SSSR count). The van der Waals surface area contributed by atoms with E-state index in [0.717, 1.165) is 56.5 Å². The van der Waals surface area contributed by atoms with Crippen molar-refractivity contribution in [1.29, 1.82) is 0 Å². The van der Waals surface area contributed by atoms with E-state index in [2.05, 4.69) is 10.4 Å². The quantitative estimate of drug-likeness (QED) is 0.845. The van der Waals surface area contributed by atoms with Gasteiger partial charge >= 0.3 is 0 Å². The number of carbonyl (C=O) groups is 1. The first-order valence-electron chi connectivity index (χ1n) is 7.26. The first kappa shape index (κ1) is 12.7. The van der Waals surface area contributed by atoms with Gasteiger partial charge in [-0.25, -0.2) is 0 Å². The monoisotopic (exact) mass is 262 g/mol. The average molecular weight is 262 g/mol. The van der Waals surface area contributed by atoms with Crippen LogP contribution in [0.3, 0.4) is 0 Å². The first-order chi connectivity index (χ1) is 9.15. The van der Waals surface area contributed by atoms with E-state index in [9.17, 15) is 4.79 Å². The summed E-state index contributed by atoms with van der Waals surface area (Å²) in [5.74, 6) is 1.08. The lowest BCUT2D eigenvalue weighted by Crippen LogP contribution is -2.34. The number of aromatic nitrogens is 2. The second-order valence-corrected chi connectivity index (χ2v) is 5.86. The van der Waals surface area contributed by atoms with Crippen molar-refractivity contribution in [3.63, 3.8) is 0 Å². The van der Waals surface area contributed by atoms with Crippen LogP contribution < -0.4 is 11.1 Å². The number of fused-ring (bicyclic) bond motifs is 1. The van der Waals surface area contributed by atoms with Crippen molar-refractivity contribution in [2.75, 3.05) is 5.32 Å². The van der Waals surface area contributed by atoms with Crippen LogP contribution in [0.15, 0.2) is 0 Å². The van der Waals surface area contributed by atoms with Gasteiger partial charge in [0.1, 0.15) is 5.82 Å². The molecule has 1 aromatic heterocycles. The van der Waals surface area contributed by atoms with E-state index in [4.69, 9.17) is 5.73 Å². The van der Waals surface area contributed by atoms with Gasteiger partial charge in [0.2, 0.25) is 5.91 Å². The molecule has 2 aliphatic rings. The molecule has 0 radical (unpaired) electrons. The Kier molecular flexibility index (Phi) is 3.31. The molecule has 5 nitrogen and oxygen atoms in total. The Morgan fingerprint density at radius 3 is 3.00 bits per heavy atom. The Bertz CT molecular complexity index is 494. The fraction of sp³-hybridized carbons (Fsp3) is 0.714. The van der Waals surface area contributed by atoms with Crippen molar-refractivity contribution in [1.82, 2.24) is 9.78 Å². The van der Waals surface area contributed by atoms with E-state index in [0.29, 0.717) is 0 Å². The standard InChI is InChI=1S/C14H22N4O/c1-18-13(11-6-3-7-12(11)17-18)16-14(19)9-4-2-5-10(15)8-9/h9-10H,2-8,15H2,1H3,(H,16,19). The Balaban J connectivity index is 1.73. The highest BCUT2D eigenvalue weighted by Crippen LogP contribution is 2.30. The molecule has 0 saturated heterocycles. The molecule has 1 heterocycles. The van der Waals surface area contributed by atoms with Crippen LogP contribution in [-0.4, -0.2) is 21.7 Å². The van der Waals surface area contributed by atoms with Crippen molar-refractivity contribution in [3.8, 4) is 0 Å². The largest absolute Gasteiger partial charge is 0.328 e. The van der Waals surface area contributed by atoms with Gasteiger partial charge < -0.3 is 11.1 Å². The minimum atomic E-state index is 0.0655. The summed E-state index contributed by atoms with van der Waals surface area (Å²) < 4.78 is 1.81. The van der Waals surface area contributed by atoms with Gasteiger partial charge in [-0.15, -0.1) is 0 Å². The SMILES string of the molecule is Cn1nc2c(c1NC(=O)C1CCCC(N)C1)CCC2. The number of nitrogens with two attached hydrogens (primary N) is 1. The third-order valence-corrected chi connectivity index (χ3v) is 4.40. The van der Waals surface area contributed by atoms with Crippen LogP contribution in [0.4, 0.5) is 5.82 Å². The minimum Gasteiger partial charge on any atom is -0.328 e. The Labute approximate surface area is 113 Å². The molecule has 19 heavy (non-hydrogen) atoms. The van der Waals surface area contributed by atoms with Gasteiger partial charge in [0.25, 0.3) is 0 Å². The topological polar surface area (TPSA) is 72.9 Å². The summed E-state index contributed by atoms with van der Waals surface area (Å²) in [5.41, 5.74) is 8.34. The molecule has 1 amide bonds. The zero-order chi connectivity index (χ0) is 13.4. The molecule has 1 fully saturated rings. The van der Waals surface area contributed by atoms with Crippen LogP contribution in [0.5, 0.6) is 0 Å². The van der Waals surface area contributed by atoms with E-state index in [1.807, 2.05) is 11.7 Å². The third-order valence-electron chi connectivity index (χ3n) is 4.40. The number of aryl methyl sites for hydroxylation is 2. The van der Waals surface area contributed by atoms with Gasteiger partial charge in [-0.1, -0.05) is 6.42 Å². The van der Waals surface area contributed by atoms with E-state index >= 15 is 0 Å². The second kappa shape index (κ2) is 4.96. The van der Waals surface area contributed by atoms with E-state index < -0.39 is 0 Å². The highest BCUT2D eigenvalue weighted by molar-refractivity contribution is 5.92. The summed E-state index contributed by atoms with van der Waals surface area (Å²) in [6, 6.07) is 0.182. The summed E-state index contributed by atoms with van der Waals surface area (Å²) in [5, 5.41) is 7.57. The zero-order valence-corrected chi connectivity index (χ0v) is 11.5. The fourth-order valence-electron chi connectivity index (χ4n) is 3.36. The van der Waals surface area contributed by atoms with Gasteiger partial charge in [-0.2, -0.15) is 5.10 Å². The molecule has 0 aliphatic heterocycles. The molecule has 0 aromatic carbocycles. The summed E-state index contributed by atoms with van der Waals surface area (Å²) in [6.45, 7) is 0. The van der Waals surface area contributed by atoms with Crippen LogP contribution in [-0.2, 0) is 24.7 Å². The lowest BCUT2D eigenvalue weighted by molar-refractivity contribution is -0.120. The van der Waals surface area contributed by atoms with E-state index in [1.165, 1.54) is 5.56 Å². The average Bonchev–Trinajstić information content (AvgIpc) is 2.93. The molecule has 2 aliphatic carbocycles. The predicted molar refractivity (Wildman–Crippen MR) is 73.8 cm³/mol. The van der Waals surface area contributed by atoms with Crippen molar-refractivity contribution < 1.29 is 4.79 Å². The van der Waals surface area contributed by atoms with Gasteiger partial charge in [0.15, 0.2) is 0 Å². The van der Waals surface area contributed by atoms with Crippen LogP contribution >= 0.6 is 0 Å². The summed E-state index contributed by atoms with van der Waals surface area (Å²) in [7, 11) is 1.90. The van der Waals surface area contributed by atoms with Gasteiger partial charge in [-0.3, -0.25) is 9.48 Å². The van der Waals surface area contributed by atoms with Gasteiger partial charge in [0, 0.05) is 24.6 Å². The number of amides is 1. The Morgan fingerprint density at radius 2 is 2.21 bits per heavy atom. The molecule has 1 aromatic rings. The molecule has 0 spiro atoms. The summed E-state index contributed by atoms with van der Waals surface area (Å²) in [4.78, 5) is 12.4. The normalized spacial score (nSPS) is 26.2. The molecule has 1 saturated carbocycles. The zero-order valence-electron chi connectivity index (χ0n) is 11.5. The summed E-state index contributed by atoms with van der Waals surface area (Å²) in [6.07, 6.45) is 7.09. The first-order valence-corrected chi connectivity index (χ1v) is 7.26. The minimum absolute atomic E-state index is 0.0655. The maximum absolute atomic E-state index is 12.4. The number of carbonyl (C=O) groups excluding carboxylic acids is 1. The number of hydrogen-bond donors (Lipinski definition) is 2. The lowest BCUT2D eigenvalue weighted by atomic mass is 9.85. The molecule has 104 valence electrons. The van der Waals surface area contributed by atoms with E-state index in [-0.39, 0.29) is 17.9 Å². The molecule has 2 unspecified atom stereocenters. The van der Waals surface area contributed by atoms with E-state index in [1.54, 1.807) is 0 Å².